The van der Waals surface area contributed by atoms with E-state index in [4.69, 9.17) is 4.74 Å². The summed E-state index contributed by atoms with van der Waals surface area (Å²) in [5, 5.41) is 2.35. The maximum atomic E-state index is 12.2. The first-order chi connectivity index (χ1) is 11.7. The molecule has 25 heavy (non-hydrogen) atoms. The van der Waals surface area contributed by atoms with Crippen molar-refractivity contribution in [3.63, 3.8) is 0 Å². The molecule has 8 nitrogen and oxygen atoms in total. The summed E-state index contributed by atoms with van der Waals surface area (Å²) in [6, 6.07) is 0. The van der Waals surface area contributed by atoms with Crippen LogP contribution in [0.1, 0.15) is 32.4 Å². The molecule has 0 unspecified atom stereocenters. The number of hydrogen-bond acceptors (Lipinski definition) is 7. The Kier molecular flexibility index (Phi) is 6.53. The van der Waals surface area contributed by atoms with Crippen LogP contribution in [0.2, 0.25) is 0 Å². The molecule has 10 heteroatoms. The molecule has 2 rings (SSSR count). The molecule has 0 saturated carbocycles. The first kappa shape index (κ1) is 19.8. The third-order valence-corrected chi connectivity index (χ3v) is 6.30. The third-order valence-electron chi connectivity index (χ3n) is 4.09. The van der Waals surface area contributed by atoms with Gasteiger partial charge in [-0.3, -0.25) is 14.5 Å². The summed E-state index contributed by atoms with van der Waals surface area (Å²) in [4.78, 5) is 29.5. The normalized spacial score (nSPS) is 16.6. The van der Waals surface area contributed by atoms with Gasteiger partial charge in [0.15, 0.2) is 5.13 Å². The van der Waals surface area contributed by atoms with Crippen molar-refractivity contribution in [2.45, 2.75) is 33.3 Å². The highest BCUT2D eigenvalue weighted by Gasteiger charge is 2.30. The smallest absolute Gasteiger partial charge is 0.309 e. The second-order valence-electron chi connectivity index (χ2n) is 5.93. The van der Waals surface area contributed by atoms with E-state index in [1.54, 1.807) is 10.3 Å². The number of piperidine rings is 1. The monoisotopic (exact) mass is 389 g/mol. The van der Waals surface area contributed by atoms with Crippen molar-refractivity contribution in [1.82, 2.24) is 9.29 Å². The minimum Gasteiger partial charge on any atom is -0.459 e. The van der Waals surface area contributed by atoms with Crippen LogP contribution in [0, 0.1) is 5.92 Å². The van der Waals surface area contributed by atoms with Crippen molar-refractivity contribution in [2.24, 2.45) is 5.92 Å². The van der Waals surface area contributed by atoms with E-state index in [-0.39, 0.29) is 24.4 Å². The topological polar surface area (TPSA) is 96.9 Å². The van der Waals surface area contributed by atoms with Gasteiger partial charge in [0.05, 0.1) is 17.9 Å². The average Bonchev–Trinajstić information content (AvgIpc) is 3.01. The number of thiazole rings is 1. The van der Waals surface area contributed by atoms with E-state index in [0.29, 0.717) is 43.3 Å². The standard InChI is InChI=1S/C15H23N3O5S2/c1-4-18(11(2)19)15-16-13(10-24-15)9-23-14(20)12-5-7-17(8-6-12)25(3,21)22/h10,12H,4-9H2,1-3H3. The maximum Gasteiger partial charge on any atom is 0.309 e. The highest BCUT2D eigenvalue weighted by atomic mass is 32.2. The number of rotatable bonds is 6. The van der Waals surface area contributed by atoms with Crippen LogP contribution < -0.4 is 4.90 Å². The van der Waals surface area contributed by atoms with Gasteiger partial charge in [-0.2, -0.15) is 0 Å². The number of aromatic nitrogens is 1. The number of carbonyl (C=O) groups excluding carboxylic acids is 2. The number of amides is 1. The van der Waals surface area contributed by atoms with Crippen molar-refractivity contribution >= 4 is 38.4 Å². The zero-order valence-corrected chi connectivity index (χ0v) is 16.2. The molecule has 0 N–H and O–H groups in total. The van der Waals surface area contributed by atoms with Crippen LogP contribution in [0.25, 0.3) is 0 Å². The van der Waals surface area contributed by atoms with Crippen molar-refractivity contribution in [2.75, 3.05) is 30.8 Å². The molecule has 0 spiro atoms. The summed E-state index contributed by atoms with van der Waals surface area (Å²) in [6.07, 6.45) is 2.09. The second-order valence-corrected chi connectivity index (χ2v) is 8.75. The van der Waals surface area contributed by atoms with E-state index in [1.807, 2.05) is 6.92 Å². The summed E-state index contributed by atoms with van der Waals surface area (Å²) in [5.41, 5.74) is 0.599. The summed E-state index contributed by atoms with van der Waals surface area (Å²) < 4.78 is 29.6. The van der Waals surface area contributed by atoms with Gasteiger partial charge in [-0.1, -0.05) is 0 Å². The SMILES string of the molecule is CCN(C(C)=O)c1nc(COC(=O)C2CCN(S(C)(=O)=O)CC2)cs1. The van der Waals surface area contributed by atoms with Crippen LogP contribution in [0.3, 0.4) is 0 Å². The number of carbonyl (C=O) groups is 2. The minimum atomic E-state index is -3.20. The molecule has 1 aromatic heterocycles. The number of nitrogens with zero attached hydrogens (tertiary/aromatic N) is 3. The molecule has 2 heterocycles. The van der Waals surface area contributed by atoms with Gasteiger partial charge in [0, 0.05) is 31.9 Å². The van der Waals surface area contributed by atoms with Gasteiger partial charge >= 0.3 is 5.97 Å². The van der Waals surface area contributed by atoms with Gasteiger partial charge in [0.25, 0.3) is 0 Å². The molecule has 1 aliphatic rings. The van der Waals surface area contributed by atoms with E-state index in [9.17, 15) is 18.0 Å². The highest BCUT2D eigenvalue weighted by molar-refractivity contribution is 7.88. The Labute approximate surface area is 151 Å². The average molecular weight is 389 g/mol. The highest BCUT2D eigenvalue weighted by Crippen LogP contribution is 2.23. The number of esters is 1. The Balaban J connectivity index is 1.85. The van der Waals surface area contributed by atoms with Gasteiger partial charge < -0.3 is 4.74 Å². The van der Waals surface area contributed by atoms with Gasteiger partial charge in [0.1, 0.15) is 6.61 Å². The lowest BCUT2D eigenvalue weighted by molar-refractivity contribution is -0.151. The maximum absolute atomic E-state index is 12.2. The van der Waals surface area contributed by atoms with E-state index in [2.05, 4.69) is 4.98 Å². The van der Waals surface area contributed by atoms with E-state index >= 15 is 0 Å². The summed E-state index contributed by atoms with van der Waals surface area (Å²) in [7, 11) is -3.20. The molecule has 0 aromatic carbocycles. The van der Waals surface area contributed by atoms with E-state index < -0.39 is 10.0 Å². The largest absolute Gasteiger partial charge is 0.459 e. The number of sulfonamides is 1. The van der Waals surface area contributed by atoms with E-state index in [1.165, 1.54) is 28.8 Å². The molecule has 1 aromatic rings. The predicted molar refractivity (Wildman–Crippen MR) is 94.8 cm³/mol. The summed E-state index contributed by atoms with van der Waals surface area (Å²) >= 11 is 1.33. The van der Waals surface area contributed by atoms with E-state index in [0.717, 1.165) is 0 Å². The third kappa shape index (κ3) is 5.23. The molecule has 0 atom stereocenters. The van der Waals surface area contributed by atoms with Crippen molar-refractivity contribution in [1.29, 1.82) is 0 Å². The lowest BCUT2D eigenvalue weighted by Gasteiger charge is -2.28. The number of anilines is 1. The molecule has 0 radical (unpaired) electrons. The Hall–Kier alpha value is -1.52. The zero-order chi connectivity index (χ0) is 18.6. The van der Waals surface area contributed by atoms with Crippen LogP contribution in [-0.4, -0.2) is 55.5 Å². The second kappa shape index (κ2) is 8.24. The van der Waals surface area contributed by atoms with Gasteiger partial charge in [-0.15, -0.1) is 11.3 Å². The lowest BCUT2D eigenvalue weighted by Crippen LogP contribution is -2.40. The van der Waals surface area contributed by atoms with Crippen LogP contribution >= 0.6 is 11.3 Å². The first-order valence-electron chi connectivity index (χ1n) is 8.06. The fourth-order valence-corrected chi connectivity index (χ4v) is 4.46. The van der Waals surface area contributed by atoms with Crippen molar-refractivity contribution in [3.05, 3.63) is 11.1 Å². The van der Waals surface area contributed by atoms with Crippen LogP contribution in [0.4, 0.5) is 5.13 Å². The number of hydrogen-bond donors (Lipinski definition) is 0. The first-order valence-corrected chi connectivity index (χ1v) is 10.8. The fraction of sp³-hybridized carbons (Fsp3) is 0.667. The Morgan fingerprint density at radius 3 is 2.56 bits per heavy atom. The molecule has 1 saturated heterocycles. The Morgan fingerprint density at radius 1 is 1.40 bits per heavy atom. The molecule has 1 amide bonds. The van der Waals surface area contributed by atoms with Crippen LogP contribution in [0.15, 0.2) is 5.38 Å². The van der Waals surface area contributed by atoms with Crippen LogP contribution in [-0.2, 0) is 31.0 Å². The molecule has 1 aliphatic heterocycles. The molecule has 140 valence electrons. The molecule has 1 fully saturated rings. The molecular formula is C15H23N3O5S2. The fourth-order valence-electron chi connectivity index (χ4n) is 2.67. The van der Waals surface area contributed by atoms with Gasteiger partial charge in [-0.05, 0) is 19.8 Å². The van der Waals surface area contributed by atoms with Gasteiger partial charge in [-0.25, -0.2) is 17.7 Å². The van der Waals surface area contributed by atoms with Crippen LogP contribution in [0.5, 0.6) is 0 Å². The van der Waals surface area contributed by atoms with Crippen molar-refractivity contribution < 1.29 is 22.7 Å². The molecule has 0 aliphatic carbocycles. The zero-order valence-electron chi connectivity index (χ0n) is 14.6. The lowest BCUT2D eigenvalue weighted by atomic mass is 9.98. The minimum absolute atomic E-state index is 0.0527. The summed E-state index contributed by atoms with van der Waals surface area (Å²) in [5.74, 6) is -0.708. The Morgan fingerprint density at radius 2 is 2.04 bits per heavy atom. The van der Waals surface area contributed by atoms with Crippen molar-refractivity contribution in [3.8, 4) is 0 Å². The number of ether oxygens (including phenoxy) is 1. The quantitative estimate of drug-likeness (QED) is 0.679. The molecule has 0 bridgehead atoms. The summed E-state index contributed by atoms with van der Waals surface area (Å²) in [6.45, 7) is 4.60. The predicted octanol–water partition coefficient (Wildman–Crippen LogP) is 1.23. The molecular weight excluding hydrogens is 366 g/mol. The van der Waals surface area contributed by atoms with Gasteiger partial charge in [0.2, 0.25) is 15.9 Å². The Bertz CT molecular complexity index is 723.